The molecular formula is C20H27N3O2. The molecule has 2 aromatic carbocycles. The lowest BCUT2D eigenvalue weighted by atomic mass is 10.1. The van der Waals surface area contributed by atoms with Crippen molar-refractivity contribution in [2.24, 2.45) is 11.7 Å². The summed E-state index contributed by atoms with van der Waals surface area (Å²) in [7, 11) is 0. The van der Waals surface area contributed by atoms with E-state index < -0.39 is 0 Å². The summed E-state index contributed by atoms with van der Waals surface area (Å²) in [5, 5.41) is 10.9. The molecule has 1 aliphatic carbocycles. The summed E-state index contributed by atoms with van der Waals surface area (Å²) < 4.78 is 0. The third-order valence-electron chi connectivity index (χ3n) is 3.81. The van der Waals surface area contributed by atoms with Gasteiger partial charge in [0.1, 0.15) is 0 Å². The van der Waals surface area contributed by atoms with Crippen LogP contribution in [0.25, 0.3) is 11.1 Å². The maximum Gasteiger partial charge on any atom is 0.247 e. The predicted octanol–water partition coefficient (Wildman–Crippen LogP) is 2.98. The molecule has 0 aromatic heterocycles. The molecule has 0 aliphatic heterocycles. The summed E-state index contributed by atoms with van der Waals surface area (Å²) in [4.78, 5) is 11.4. The van der Waals surface area contributed by atoms with E-state index in [-0.39, 0.29) is 5.91 Å². The van der Waals surface area contributed by atoms with Crippen LogP contribution < -0.4 is 17.0 Å². The Labute approximate surface area is 149 Å². The van der Waals surface area contributed by atoms with Crippen molar-refractivity contribution in [2.45, 2.75) is 26.2 Å². The van der Waals surface area contributed by atoms with Crippen LogP contribution in [0.2, 0.25) is 0 Å². The van der Waals surface area contributed by atoms with E-state index in [0.717, 1.165) is 24.9 Å². The second kappa shape index (κ2) is 11.1. The monoisotopic (exact) mass is 341 g/mol. The van der Waals surface area contributed by atoms with Gasteiger partial charge in [0.15, 0.2) is 0 Å². The number of aliphatic hydroxyl groups is 1. The van der Waals surface area contributed by atoms with Crippen LogP contribution in [0, 0.1) is 0 Å². The van der Waals surface area contributed by atoms with Crippen molar-refractivity contribution >= 4 is 11.6 Å². The predicted molar refractivity (Wildman–Crippen MR) is 104 cm³/mol. The molecule has 134 valence electrons. The first-order valence-electron chi connectivity index (χ1n) is 8.29. The zero-order valence-electron chi connectivity index (χ0n) is 14.7. The van der Waals surface area contributed by atoms with Crippen LogP contribution in [-0.2, 0) is 11.2 Å². The number of benzene rings is 2. The molecule has 1 aliphatic rings. The van der Waals surface area contributed by atoms with Crippen LogP contribution in [0.15, 0.2) is 55.1 Å². The SMILES string of the molecule is C=CC(=O)Nc1cccc2c1Cc1ccccc1-2.CCCCO.NN. The smallest absolute Gasteiger partial charge is 0.247 e. The maximum atomic E-state index is 11.4. The fourth-order valence-electron chi connectivity index (χ4n) is 2.62. The van der Waals surface area contributed by atoms with Crippen LogP contribution in [0.3, 0.4) is 0 Å². The van der Waals surface area contributed by atoms with Gasteiger partial charge in [-0.2, -0.15) is 0 Å². The standard InChI is InChI=1S/C16H13NO.C4H10O.H4N2/c1-2-16(18)17-15-9-5-8-13-12-7-4-3-6-11(12)10-14(13)15;1-2-3-4-5;1-2/h2-9H,1,10H2,(H,17,18);5H,2-4H2,1H3;1-2H2. The molecule has 0 atom stereocenters. The molecule has 0 fully saturated rings. The molecule has 0 saturated carbocycles. The second-order valence-electron chi connectivity index (χ2n) is 5.44. The van der Waals surface area contributed by atoms with Gasteiger partial charge in [-0.05, 0) is 40.8 Å². The lowest BCUT2D eigenvalue weighted by Crippen LogP contribution is -2.09. The van der Waals surface area contributed by atoms with Gasteiger partial charge in [-0.1, -0.05) is 56.3 Å². The van der Waals surface area contributed by atoms with Crippen LogP contribution >= 0.6 is 0 Å². The van der Waals surface area contributed by atoms with E-state index >= 15 is 0 Å². The van der Waals surface area contributed by atoms with Crippen LogP contribution in [0.1, 0.15) is 30.9 Å². The van der Waals surface area contributed by atoms with E-state index in [4.69, 9.17) is 5.11 Å². The molecule has 25 heavy (non-hydrogen) atoms. The highest BCUT2D eigenvalue weighted by Gasteiger charge is 2.20. The average molecular weight is 341 g/mol. The quantitative estimate of drug-likeness (QED) is 0.333. The zero-order valence-corrected chi connectivity index (χ0v) is 14.7. The van der Waals surface area contributed by atoms with Crippen molar-refractivity contribution in [1.82, 2.24) is 0 Å². The number of hydrogen-bond acceptors (Lipinski definition) is 4. The third kappa shape index (κ3) is 5.53. The maximum absolute atomic E-state index is 11.4. The minimum absolute atomic E-state index is 0.167. The third-order valence-corrected chi connectivity index (χ3v) is 3.81. The molecular weight excluding hydrogens is 314 g/mol. The molecule has 3 rings (SSSR count). The highest BCUT2D eigenvalue weighted by molar-refractivity contribution is 6.00. The topological polar surface area (TPSA) is 101 Å². The van der Waals surface area contributed by atoms with Crippen LogP contribution in [-0.4, -0.2) is 17.6 Å². The molecule has 1 amide bonds. The molecule has 5 heteroatoms. The number of unbranched alkanes of at least 4 members (excludes halogenated alkanes) is 1. The Kier molecular flexibility index (Phi) is 9.17. The average Bonchev–Trinajstić information content (AvgIpc) is 3.04. The van der Waals surface area contributed by atoms with Gasteiger partial charge in [0, 0.05) is 18.7 Å². The lowest BCUT2D eigenvalue weighted by molar-refractivity contribution is -0.111. The van der Waals surface area contributed by atoms with Gasteiger partial charge >= 0.3 is 0 Å². The van der Waals surface area contributed by atoms with Gasteiger partial charge in [0.05, 0.1) is 0 Å². The number of nitrogens with one attached hydrogen (secondary N) is 1. The van der Waals surface area contributed by atoms with Crippen molar-refractivity contribution < 1.29 is 9.90 Å². The number of carbonyl (C=O) groups is 1. The number of amides is 1. The fraction of sp³-hybridized carbons (Fsp3) is 0.250. The van der Waals surface area contributed by atoms with Crippen LogP contribution in [0.4, 0.5) is 5.69 Å². The van der Waals surface area contributed by atoms with E-state index in [2.05, 4.69) is 48.7 Å². The van der Waals surface area contributed by atoms with Gasteiger partial charge < -0.3 is 10.4 Å². The number of anilines is 1. The molecule has 0 unspecified atom stereocenters. The first-order chi connectivity index (χ1) is 12.2. The zero-order chi connectivity index (χ0) is 18.7. The highest BCUT2D eigenvalue weighted by atomic mass is 16.2. The molecule has 6 N–H and O–H groups in total. The van der Waals surface area contributed by atoms with E-state index in [1.165, 1.54) is 28.3 Å². The molecule has 0 spiro atoms. The van der Waals surface area contributed by atoms with Crippen molar-refractivity contribution in [3.8, 4) is 11.1 Å². The Morgan fingerprint density at radius 2 is 1.88 bits per heavy atom. The summed E-state index contributed by atoms with van der Waals surface area (Å²) in [5.74, 6) is 7.83. The Morgan fingerprint density at radius 3 is 2.48 bits per heavy atom. The van der Waals surface area contributed by atoms with Gasteiger partial charge in [-0.3, -0.25) is 16.5 Å². The van der Waals surface area contributed by atoms with E-state index in [1.807, 2.05) is 24.3 Å². The molecule has 0 radical (unpaired) electrons. The van der Waals surface area contributed by atoms with Gasteiger partial charge in [0.25, 0.3) is 0 Å². The van der Waals surface area contributed by atoms with Crippen molar-refractivity contribution in [1.29, 1.82) is 0 Å². The molecule has 0 heterocycles. The Balaban J connectivity index is 0.000000388. The molecule has 0 bridgehead atoms. The minimum atomic E-state index is -0.167. The minimum Gasteiger partial charge on any atom is -0.396 e. The normalized spacial score (nSPS) is 10.2. The summed E-state index contributed by atoms with van der Waals surface area (Å²) in [6, 6.07) is 14.4. The fourth-order valence-corrected chi connectivity index (χ4v) is 2.62. The van der Waals surface area contributed by atoms with E-state index in [9.17, 15) is 4.79 Å². The van der Waals surface area contributed by atoms with E-state index in [1.54, 1.807) is 0 Å². The summed E-state index contributed by atoms with van der Waals surface area (Å²) in [5.41, 5.74) is 5.87. The number of carbonyl (C=O) groups excluding carboxylic acids is 1. The number of nitrogens with two attached hydrogens (primary N) is 2. The van der Waals surface area contributed by atoms with Gasteiger partial charge in [-0.15, -0.1) is 0 Å². The molecule has 2 aromatic rings. The van der Waals surface area contributed by atoms with Gasteiger partial charge in [-0.25, -0.2) is 0 Å². The van der Waals surface area contributed by atoms with Crippen molar-refractivity contribution in [3.63, 3.8) is 0 Å². The summed E-state index contributed by atoms with van der Waals surface area (Å²) >= 11 is 0. The number of rotatable bonds is 4. The Hall–Kier alpha value is -2.47. The Morgan fingerprint density at radius 1 is 1.20 bits per heavy atom. The van der Waals surface area contributed by atoms with Crippen LogP contribution in [0.5, 0.6) is 0 Å². The number of hydrogen-bond donors (Lipinski definition) is 4. The first kappa shape index (κ1) is 20.6. The van der Waals surface area contributed by atoms with E-state index in [0.29, 0.717) is 6.61 Å². The molecule has 5 nitrogen and oxygen atoms in total. The molecule has 0 saturated heterocycles. The second-order valence-corrected chi connectivity index (χ2v) is 5.44. The lowest BCUT2D eigenvalue weighted by Gasteiger charge is -2.08. The Bertz CT molecular complexity index is 697. The largest absolute Gasteiger partial charge is 0.396 e. The summed E-state index contributed by atoms with van der Waals surface area (Å²) in [6.45, 7) is 5.87. The highest BCUT2D eigenvalue weighted by Crippen LogP contribution is 2.39. The number of aliphatic hydroxyl groups excluding tert-OH is 1. The van der Waals surface area contributed by atoms with Crippen molar-refractivity contribution in [2.75, 3.05) is 11.9 Å². The first-order valence-corrected chi connectivity index (χ1v) is 8.29. The number of hydrazine groups is 1. The van der Waals surface area contributed by atoms with Crippen molar-refractivity contribution in [3.05, 3.63) is 66.2 Å². The summed E-state index contributed by atoms with van der Waals surface area (Å²) in [6.07, 6.45) is 4.21. The van der Waals surface area contributed by atoms with Gasteiger partial charge in [0.2, 0.25) is 5.91 Å². The number of fused-ring (bicyclic) bond motifs is 3.